The van der Waals surface area contributed by atoms with Crippen LogP contribution in [-0.4, -0.2) is 21.3 Å². The summed E-state index contributed by atoms with van der Waals surface area (Å²) in [7, 11) is 0.795. The van der Waals surface area contributed by atoms with E-state index in [2.05, 4.69) is 13.8 Å². The maximum absolute atomic E-state index is 11.9. The molecule has 0 bridgehead atoms. The lowest BCUT2D eigenvalue weighted by Gasteiger charge is -2.25. The highest BCUT2D eigenvalue weighted by Crippen LogP contribution is 2.36. The summed E-state index contributed by atoms with van der Waals surface area (Å²) in [6.45, 7) is 4.55. The first-order valence-electron chi connectivity index (χ1n) is 14.8. The van der Waals surface area contributed by atoms with Gasteiger partial charge in [0.15, 0.2) is 0 Å². The Morgan fingerprint density at radius 3 is 0.938 bits per heavy atom. The van der Waals surface area contributed by atoms with Gasteiger partial charge < -0.3 is 5.11 Å². The van der Waals surface area contributed by atoms with E-state index in [1.54, 1.807) is 0 Å². The third-order valence-corrected chi connectivity index (χ3v) is 8.86. The Morgan fingerprint density at radius 2 is 0.719 bits per heavy atom. The molecule has 192 valence electrons. The smallest absolute Gasteiger partial charge is 0.305 e. The monoisotopic (exact) mass is 468 g/mol. The van der Waals surface area contributed by atoms with Crippen molar-refractivity contribution in [2.75, 3.05) is 0 Å². The van der Waals surface area contributed by atoms with E-state index in [0.717, 1.165) is 35.9 Å². The second-order valence-electron chi connectivity index (χ2n) is 10.8. The minimum absolute atomic E-state index is 0.363. The van der Waals surface area contributed by atoms with E-state index < -0.39 is 5.97 Å². The van der Waals surface area contributed by atoms with E-state index in [1.807, 2.05) is 0 Å². The lowest BCUT2D eigenvalue weighted by atomic mass is 9.92. The Morgan fingerprint density at radius 1 is 0.500 bits per heavy atom. The third kappa shape index (κ3) is 20.3. The van der Waals surface area contributed by atoms with Crippen molar-refractivity contribution in [2.45, 2.75) is 179 Å². The molecule has 1 atom stereocenters. The highest BCUT2D eigenvalue weighted by Gasteiger charge is 2.31. The zero-order valence-corrected chi connectivity index (χ0v) is 24.5. The topological polar surface area (TPSA) is 37.3 Å². The largest absolute Gasteiger partial charge is 0.481 e. The highest BCUT2D eigenvalue weighted by atomic mass is 28.1. The second-order valence-corrected chi connectivity index (χ2v) is 12.7. The summed E-state index contributed by atoms with van der Waals surface area (Å²) in [6.07, 6.45) is 32.7. The van der Waals surface area contributed by atoms with Gasteiger partial charge in [-0.05, 0) is 12.8 Å². The van der Waals surface area contributed by atoms with Gasteiger partial charge in [-0.2, -0.15) is 0 Å². The molecule has 0 amide bonds. The molecule has 0 aliphatic rings. The van der Waals surface area contributed by atoms with Crippen molar-refractivity contribution < 1.29 is 9.90 Å². The van der Waals surface area contributed by atoms with Crippen molar-refractivity contribution >= 4 is 16.2 Å². The Labute approximate surface area is 205 Å². The first-order chi connectivity index (χ1) is 15.6. The average Bonchev–Trinajstić information content (AvgIpc) is 2.78. The number of aliphatic carboxylic acids is 1. The maximum atomic E-state index is 11.9. The predicted octanol–water partition coefficient (Wildman–Crippen LogP) is 9.39. The van der Waals surface area contributed by atoms with Gasteiger partial charge >= 0.3 is 5.97 Å². The van der Waals surface area contributed by atoms with Gasteiger partial charge in [0.25, 0.3) is 0 Å². The van der Waals surface area contributed by atoms with E-state index in [4.69, 9.17) is 0 Å². The zero-order valence-electron chi connectivity index (χ0n) is 22.5. The van der Waals surface area contributed by atoms with E-state index in [9.17, 15) is 9.90 Å². The number of carboxylic acids is 1. The minimum Gasteiger partial charge on any atom is -0.481 e. The number of rotatable bonds is 26. The molecule has 0 aliphatic carbocycles. The normalized spacial score (nSPS) is 13.4. The van der Waals surface area contributed by atoms with Crippen LogP contribution >= 0.6 is 0 Å². The summed E-state index contributed by atoms with van der Waals surface area (Å²) in [5.41, 5.74) is 0. The van der Waals surface area contributed by atoms with Crippen LogP contribution in [0.5, 0.6) is 0 Å². The van der Waals surface area contributed by atoms with Gasteiger partial charge in [-0.1, -0.05) is 162 Å². The van der Waals surface area contributed by atoms with E-state index in [-0.39, 0.29) is 5.04 Å². The van der Waals surface area contributed by atoms with Crippen molar-refractivity contribution in [2.24, 2.45) is 0 Å². The second kappa shape index (κ2) is 23.8. The van der Waals surface area contributed by atoms with Crippen LogP contribution in [0.4, 0.5) is 0 Å². The van der Waals surface area contributed by atoms with E-state index >= 15 is 0 Å². The first kappa shape index (κ1) is 31.7. The van der Waals surface area contributed by atoms with E-state index in [0.29, 0.717) is 0 Å². The summed E-state index contributed by atoms with van der Waals surface area (Å²) in [5.74, 6) is -0.515. The van der Waals surface area contributed by atoms with Gasteiger partial charge in [0.05, 0.1) is 5.04 Å². The summed E-state index contributed by atoms with van der Waals surface area (Å²) >= 11 is 0. The summed E-state index contributed by atoms with van der Waals surface area (Å²) in [6, 6.07) is 0. The number of hydrogen-bond donors (Lipinski definition) is 1. The van der Waals surface area contributed by atoms with E-state index in [1.165, 1.54) is 135 Å². The predicted molar refractivity (Wildman–Crippen MR) is 147 cm³/mol. The molecular formula is C29H60O2Si. The fourth-order valence-corrected chi connectivity index (χ4v) is 5.58. The molecule has 0 aliphatic heterocycles. The summed E-state index contributed by atoms with van der Waals surface area (Å²) in [5, 5.41) is 9.43. The van der Waals surface area contributed by atoms with Gasteiger partial charge in [0, 0.05) is 10.2 Å². The van der Waals surface area contributed by atoms with Crippen LogP contribution in [0.15, 0.2) is 0 Å². The molecular weight excluding hydrogens is 408 g/mol. The zero-order chi connectivity index (χ0) is 23.8. The maximum Gasteiger partial charge on any atom is 0.305 e. The molecule has 2 nitrogen and oxygen atoms in total. The number of hydrogen-bond acceptors (Lipinski definition) is 1. The number of carboxylic acid groups (broad SMARTS) is 1. The Bertz CT molecular complexity index is 399. The first-order valence-corrected chi connectivity index (χ1v) is 15.8. The van der Waals surface area contributed by atoms with Crippen LogP contribution in [-0.2, 0) is 4.79 Å². The van der Waals surface area contributed by atoms with Gasteiger partial charge in [-0.15, -0.1) is 0 Å². The lowest BCUT2D eigenvalue weighted by Crippen LogP contribution is -2.24. The molecule has 0 aromatic rings. The fourth-order valence-electron chi connectivity index (χ4n) is 4.87. The van der Waals surface area contributed by atoms with Gasteiger partial charge in [0.1, 0.15) is 0 Å². The van der Waals surface area contributed by atoms with Gasteiger partial charge in [-0.3, -0.25) is 4.79 Å². The van der Waals surface area contributed by atoms with Crippen LogP contribution in [0.2, 0.25) is 5.04 Å². The minimum atomic E-state index is -0.515. The van der Waals surface area contributed by atoms with Crippen LogP contribution in [0, 0.1) is 0 Å². The Hall–Kier alpha value is -0.313. The molecule has 0 radical (unpaired) electrons. The molecule has 0 aromatic heterocycles. The summed E-state index contributed by atoms with van der Waals surface area (Å²) in [4.78, 5) is 11.9. The van der Waals surface area contributed by atoms with Crippen molar-refractivity contribution in [3.63, 3.8) is 0 Å². The fraction of sp³-hybridized carbons (Fsp3) is 0.966. The lowest BCUT2D eigenvalue weighted by molar-refractivity contribution is -0.141. The van der Waals surface area contributed by atoms with Crippen LogP contribution in [0.3, 0.4) is 0 Å². The molecule has 0 rings (SSSR count). The molecule has 32 heavy (non-hydrogen) atoms. The molecule has 0 fully saturated rings. The molecule has 3 heteroatoms. The highest BCUT2D eigenvalue weighted by molar-refractivity contribution is 6.26. The Balaban J connectivity index is 3.58. The quantitative estimate of drug-likeness (QED) is 0.101. The van der Waals surface area contributed by atoms with Crippen molar-refractivity contribution in [3.8, 4) is 0 Å². The molecule has 0 spiro atoms. The van der Waals surface area contributed by atoms with Crippen LogP contribution in [0.1, 0.15) is 174 Å². The van der Waals surface area contributed by atoms with Crippen molar-refractivity contribution in [3.05, 3.63) is 0 Å². The number of carbonyl (C=O) groups is 1. The molecule has 0 heterocycles. The number of unbranched alkanes of at least 4 members (excludes halogenated alkanes) is 21. The molecule has 1 unspecified atom stereocenters. The molecule has 0 aromatic carbocycles. The molecule has 0 saturated carbocycles. The van der Waals surface area contributed by atoms with Crippen LogP contribution < -0.4 is 0 Å². The average molecular weight is 469 g/mol. The van der Waals surface area contributed by atoms with Crippen LogP contribution in [0.25, 0.3) is 0 Å². The van der Waals surface area contributed by atoms with Gasteiger partial charge in [-0.25, -0.2) is 0 Å². The molecule has 0 saturated heterocycles. The third-order valence-electron chi connectivity index (χ3n) is 7.43. The molecule has 1 N–H and O–H groups in total. The summed E-state index contributed by atoms with van der Waals surface area (Å²) < 4.78 is 0. The van der Waals surface area contributed by atoms with Gasteiger partial charge in [0.2, 0.25) is 0 Å². The SMILES string of the molecule is CCCCCCCCCCCCCCCCC([SiH3])(CCCCCCCCCCC)C(=O)O. The van der Waals surface area contributed by atoms with Crippen molar-refractivity contribution in [1.82, 2.24) is 0 Å². The standard InChI is InChI=1S/C29H60O2Si/c1-3-5-7-9-11-13-14-15-16-17-19-21-23-25-27-29(32,28(30)31)26-24-22-20-18-12-10-8-6-4-2/h3-27H2,1-2,32H3,(H,30,31). The van der Waals surface area contributed by atoms with Crippen molar-refractivity contribution in [1.29, 1.82) is 0 Å². The Kier molecular flexibility index (Phi) is 23.6.